The molecular formula is C23H36N6. The fraction of sp³-hybridized carbons (Fsp3) is 0.565. The molecule has 1 aliphatic heterocycles. The second-order valence-corrected chi connectivity index (χ2v) is 8.18. The minimum atomic E-state index is 0.291. The van der Waals surface area contributed by atoms with Crippen molar-refractivity contribution in [1.82, 2.24) is 20.4 Å². The number of aliphatic imine (C=N–C) groups is 1. The Balaban J connectivity index is 1.55. The number of hydrogen-bond acceptors (Lipinski definition) is 3. The van der Waals surface area contributed by atoms with Gasteiger partial charge in [-0.05, 0) is 64.2 Å². The van der Waals surface area contributed by atoms with E-state index >= 15 is 0 Å². The number of nitrogens with zero attached hydrogens (tertiary/aromatic N) is 4. The molecule has 0 radical (unpaired) electrons. The van der Waals surface area contributed by atoms with E-state index in [-0.39, 0.29) is 0 Å². The summed E-state index contributed by atoms with van der Waals surface area (Å²) in [6.45, 7) is 12.5. The molecule has 1 aliphatic rings. The fourth-order valence-corrected chi connectivity index (χ4v) is 4.10. The average molecular weight is 397 g/mol. The second-order valence-electron chi connectivity index (χ2n) is 8.18. The van der Waals surface area contributed by atoms with Gasteiger partial charge < -0.3 is 15.5 Å². The largest absolute Gasteiger partial charge is 0.371 e. The van der Waals surface area contributed by atoms with E-state index in [0.717, 1.165) is 44.3 Å². The number of aryl methyl sites for hydroxylation is 2. The van der Waals surface area contributed by atoms with Gasteiger partial charge in [0.25, 0.3) is 0 Å². The van der Waals surface area contributed by atoms with Crippen molar-refractivity contribution in [2.45, 2.75) is 46.6 Å². The standard InChI is InChI=1S/C23H36N6/c1-6-24-23(26-17(2)14-22-18(3)27-28(5)19(22)4)25-15-20-12-13-29(16-20)21-10-8-7-9-11-21/h7-11,17,20H,6,12-16H2,1-5H3,(H2,24,25,26). The lowest BCUT2D eigenvalue weighted by atomic mass is 10.1. The van der Waals surface area contributed by atoms with Crippen LogP contribution in [0.1, 0.15) is 37.2 Å². The van der Waals surface area contributed by atoms with Crippen molar-refractivity contribution in [3.8, 4) is 0 Å². The molecule has 0 saturated carbocycles. The predicted octanol–water partition coefficient (Wildman–Crippen LogP) is 3.05. The molecule has 0 amide bonds. The molecule has 6 heteroatoms. The first kappa shape index (κ1) is 21.2. The lowest BCUT2D eigenvalue weighted by molar-refractivity contribution is 0.590. The summed E-state index contributed by atoms with van der Waals surface area (Å²) in [5.74, 6) is 1.51. The molecular weight excluding hydrogens is 360 g/mol. The van der Waals surface area contributed by atoms with Gasteiger partial charge in [0.05, 0.1) is 5.69 Å². The molecule has 0 bridgehead atoms. The summed E-state index contributed by atoms with van der Waals surface area (Å²) in [6.07, 6.45) is 2.14. The maximum absolute atomic E-state index is 4.90. The average Bonchev–Trinajstić information content (AvgIpc) is 3.27. The smallest absolute Gasteiger partial charge is 0.191 e. The first-order chi connectivity index (χ1) is 14.0. The van der Waals surface area contributed by atoms with E-state index in [0.29, 0.717) is 12.0 Å². The third-order valence-electron chi connectivity index (χ3n) is 5.81. The minimum absolute atomic E-state index is 0.291. The Bertz CT molecular complexity index is 810. The van der Waals surface area contributed by atoms with Crippen LogP contribution in [0.25, 0.3) is 0 Å². The number of rotatable bonds is 7. The first-order valence-electron chi connectivity index (χ1n) is 10.8. The lowest BCUT2D eigenvalue weighted by Crippen LogP contribution is -2.43. The van der Waals surface area contributed by atoms with E-state index in [9.17, 15) is 0 Å². The highest BCUT2D eigenvalue weighted by atomic mass is 15.3. The molecule has 1 fully saturated rings. The van der Waals surface area contributed by atoms with Crippen LogP contribution in [0.2, 0.25) is 0 Å². The summed E-state index contributed by atoms with van der Waals surface area (Å²) in [5, 5.41) is 11.5. The molecule has 1 saturated heterocycles. The third kappa shape index (κ3) is 5.52. The molecule has 6 nitrogen and oxygen atoms in total. The van der Waals surface area contributed by atoms with Crippen LogP contribution in [-0.2, 0) is 13.5 Å². The molecule has 2 N–H and O–H groups in total. The Morgan fingerprint density at radius 1 is 1.28 bits per heavy atom. The van der Waals surface area contributed by atoms with Gasteiger partial charge in [-0.25, -0.2) is 0 Å². The van der Waals surface area contributed by atoms with Crippen molar-refractivity contribution in [1.29, 1.82) is 0 Å². The van der Waals surface area contributed by atoms with Crippen molar-refractivity contribution in [2.75, 3.05) is 31.1 Å². The van der Waals surface area contributed by atoms with Crippen LogP contribution in [0.15, 0.2) is 35.3 Å². The quantitative estimate of drug-likeness (QED) is 0.558. The van der Waals surface area contributed by atoms with Crippen LogP contribution in [0, 0.1) is 19.8 Å². The molecule has 29 heavy (non-hydrogen) atoms. The summed E-state index contributed by atoms with van der Waals surface area (Å²) in [4.78, 5) is 7.37. The highest BCUT2D eigenvalue weighted by molar-refractivity contribution is 5.80. The van der Waals surface area contributed by atoms with Gasteiger partial charge in [0, 0.05) is 50.6 Å². The third-order valence-corrected chi connectivity index (χ3v) is 5.81. The molecule has 2 aromatic rings. The van der Waals surface area contributed by atoms with Crippen LogP contribution in [-0.4, -0.2) is 48.0 Å². The van der Waals surface area contributed by atoms with E-state index in [2.05, 4.69) is 78.7 Å². The number of guanidine groups is 1. The van der Waals surface area contributed by atoms with Gasteiger partial charge in [-0.1, -0.05) is 18.2 Å². The Morgan fingerprint density at radius 3 is 2.69 bits per heavy atom. The first-order valence-corrected chi connectivity index (χ1v) is 10.8. The summed E-state index contributed by atoms with van der Waals surface area (Å²) in [6, 6.07) is 11.0. The van der Waals surface area contributed by atoms with Crippen molar-refractivity contribution in [3.05, 3.63) is 47.3 Å². The number of benzene rings is 1. The van der Waals surface area contributed by atoms with Gasteiger partial charge in [-0.15, -0.1) is 0 Å². The molecule has 0 spiro atoms. The minimum Gasteiger partial charge on any atom is -0.371 e. The van der Waals surface area contributed by atoms with Crippen LogP contribution in [0.3, 0.4) is 0 Å². The van der Waals surface area contributed by atoms with Gasteiger partial charge >= 0.3 is 0 Å². The molecule has 1 aromatic heterocycles. The van der Waals surface area contributed by atoms with Crippen LogP contribution in [0.4, 0.5) is 5.69 Å². The van der Waals surface area contributed by atoms with E-state index in [1.807, 2.05) is 11.7 Å². The molecule has 2 unspecified atom stereocenters. The van der Waals surface area contributed by atoms with Gasteiger partial charge in [-0.3, -0.25) is 9.67 Å². The second kappa shape index (κ2) is 9.81. The highest BCUT2D eigenvalue weighted by Gasteiger charge is 2.22. The zero-order chi connectivity index (χ0) is 20.8. The summed E-state index contributed by atoms with van der Waals surface area (Å²) in [5.41, 5.74) is 5.01. The van der Waals surface area contributed by atoms with Crippen LogP contribution in [0.5, 0.6) is 0 Å². The molecule has 158 valence electrons. The van der Waals surface area contributed by atoms with Gasteiger partial charge in [-0.2, -0.15) is 5.10 Å². The number of nitrogens with one attached hydrogen (secondary N) is 2. The topological polar surface area (TPSA) is 57.5 Å². The van der Waals surface area contributed by atoms with E-state index in [1.54, 1.807) is 0 Å². The molecule has 3 rings (SSSR count). The normalized spacial score (nSPS) is 18.2. The zero-order valence-corrected chi connectivity index (χ0v) is 18.6. The van der Waals surface area contributed by atoms with Crippen LogP contribution < -0.4 is 15.5 Å². The van der Waals surface area contributed by atoms with Gasteiger partial charge in [0.15, 0.2) is 5.96 Å². The van der Waals surface area contributed by atoms with Crippen molar-refractivity contribution in [3.63, 3.8) is 0 Å². The summed E-state index contributed by atoms with van der Waals surface area (Å²) < 4.78 is 1.97. The molecule has 1 aromatic carbocycles. The SMILES string of the molecule is CCNC(=NCC1CCN(c2ccccc2)C1)NC(C)Cc1c(C)nn(C)c1C. The Hall–Kier alpha value is -2.50. The predicted molar refractivity (Wildman–Crippen MR) is 122 cm³/mol. The highest BCUT2D eigenvalue weighted by Crippen LogP contribution is 2.23. The maximum Gasteiger partial charge on any atom is 0.191 e. The van der Waals surface area contributed by atoms with Gasteiger partial charge in [0.1, 0.15) is 0 Å². The maximum atomic E-state index is 4.90. The monoisotopic (exact) mass is 396 g/mol. The fourth-order valence-electron chi connectivity index (χ4n) is 4.10. The lowest BCUT2D eigenvalue weighted by Gasteiger charge is -2.20. The summed E-state index contributed by atoms with van der Waals surface area (Å²) >= 11 is 0. The number of aromatic nitrogens is 2. The van der Waals surface area contributed by atoms with Crippen molar-refractivity contribution < 1.29 is 0 Å². The molecule has 2 heterocycles. The Morgan fingerprint density at radius 2 is 2.03 bits per heavy atom. The molecule has 2 atom stereocenters. The van der Waals surface area contributed by atoms with Crippen molar-refractivity contribution >= 4 is 11.6 Å². The molecule has 0 aliphatic carbocycles. The number of para-hydroxylation sites is 1. The van der Waals surface area contributed by atoms with E-state index in [4.69, 9.17) is 4.99 Å². The Kier molecular flexibility index (Phi) is 7.18. The van der Waals surface area contributed by atoms with Gasteiger partial charge in [0.2, 0.25) is 0 Å². The van der Waals surface area contributed by atoms with E-state index in [1.165, 1.54) is 23.4 Å². The summed E-state index contributed by atoms with van der Waals surface area (Å²) in [7, 11) is 2.01. The number of anilines is 1. The van der Waals surface area contributed by atoms with Crippen LogP contribution >= 0.6 is 0 Å². The zero-order valence-electron chi connectivity index (χ0n) is 18.6. The number of hydrogen-bond donors (Lipinski definition) is 2. The Labute approximate surface area is 175 Å². The van der Waals surface area contributed by atoms with Crippen molar-refractivity contribution in [2.24, 2.45) is 18.0 Å². The van der Waals surface area contributed by atoms with E-state index < -0.39 is 0 Å².